The molecule has 0 aliphatic carbocycles. The van der Waals surface area contributed by atoms with Gasteiger partial charge in [0.25, 0.3) is 0 Å². The summed E-state index contributed by atoms with van der Waals surface area (Å²) in [6.45, 7) is 12.4. The van der Waals surface area contributed by atoms with Gasteiger partial charge in [-0.2, -0.15) is 0 Å². The first-order valence-electron chi connectivity index (χ1n) is 7.12. The number of ether oxygens (including phenoxy) is 1. The second-order valence-corrected chi connectivity index (χ2v) is 5.95. The van der Waals surface area contributed by atoms with Gasteiger partial charge in [-0.3, -0.25) is 0 Å². The third kappa shape index (κ3) is 8.62. The fraction of sp³-hybridized carbons (Fsp3) is 0.625. The highest BCUT2D eigenvalue weighted by atomic mass is 16.5. The number of rotatable bonds is 8. The molecule has 0 saturated heterocycles. The second kappa shape index (κ2) is 8.18. The normalized spacial score (nSPS) is 11.6. The number of hydrogen-bond donors (Lipinski definition) is 2. The standard InChI is InChI=1S/C16H28N2O/c1-14-7-5-8-15(13-14)19-12-6-9-17-10-11-18-16(2,3)4/h5,7-8,13,17-18H,6,9-12H2,1-4H3. The first kappa shape index (κ1) is 16.0. The summed E-state index contributed by atoms with van der Waals surface area (Å²) >= 11 is 0. The van der Waals surface area contributed by atoms with Crippen LogP contribution in [0.1, 0.15) is 32.8 Å². The van der Waals surface area contributed by atoms with Gasteiger partial charge in [-0.1, -0.05) is 12.1 Å². The molecule has 1 aromatic rings. The predicted molar refractivity (Wildman–Crippen MR) is 81.9 cm³/mol. The zero-order valence-corrected chi connectivity index (χ0v) is 12.8. The highest BCUT2D eigenvalue weighted by molar-refractivity contribution is 5.27. The number of benzene rings is 1. The van der Waals surface area contributed by atoms with Crippen molar-refractivity contribution in [1.82, 2.24) is 10.6 Å². The molecule has 0 radical (unpaired) electrons. The van der Waals surface area contributed by atoms with E-state index in [0.29, 0.717) is 0 Å². The van der Waals surface area contributed by atoms with Gasteiger partial charge in [-0.25, -0.2) is 0 Å². The minimum Gasteiger partial charge on any atom is -0.494 e. The fourth-order valence-corrected chi connectivity index (χ4v) is 1.74. The van der Waals surface area contributed by atoms with Gasteiger partial charge in [0.05, 0.1) is 6.61 Å². The lowest BCUT2D eigenvalue weighted by atomic mass is 10.1. The topological polar surface area (TPSA) is 33.3 Å². The number of hydrogen-bond acceptors (Lipinski definition) is 3. The minimum absolute atomic E-state index is 0.204. The molecule has 0 amide bonds. The predicted octanol–water partition coefficient (Wildman–Crippen LogP) is 2.74. The lowest BCUT2D eigenvalue weighted by Crippen LogP contribution is -2.40. The Balaban J connectivity index is 1.97. The molecule has 0 saturated carbocycles. The summed E-state index contributed by atoms with van der Waals surface area (Å²) in [6, 6.07) is 8.19. The second-order valence-electron chi connectivity index (χ2n) is 5.95. The first-order chi connectivity index (χ1) is 8.97. The van der Waals surface area contributed by atoms with E-state index in [1.807, 2.05) is 12.1 Å². The summed E-state index contributed by atoms with van der Waals surface area (Å²) in [5, 5.41) is 6.86. The van der Waals surface area contributed by atoms with Crippen molar-refractivity contribution in [2.75, 3.05) is 26.2 Å². The molecule has 2 N–H and O–H groups in total. The summed E-state index contributed by atoms with van der Waals surface area (Å²) < 4.78 is 5.69. The maximum Gasteiger partial charge on any atom is 0.119 e. The van der Waals surface area contributed by atoms with Crippen LogP contribution in [0.4, 0.5) is 0 Å². The van der Waals surface area contributed by atoms with Crippen LogP contribution in [0.25, 0.3) is 0 Å². The molecule has 0 heterocycles. The molecule has 0 aliphatic heterocycles. The van der Waals surface area contributed by atoms with Crippen molar-refractivity contribution in [3.63, 3.8) is 0 Å². The molecule has 3 heteroatoms. The quantitative estimate of drug-likeness (QED) is 0.708. The monoisotopic (exact) mass is 264 g/mol. The van der Waals surface area contributed by atoms with E-state index in [0.717, 1.165) is 38.4 Å². The molecule has 108 valence electrons. The van der Waals surface area contributed by atoms with E-state index >= 15 is 0 Å². The Labute approximate surface area is 117 Å². The SMILES string of the molecule is Cc1cccc(OCCCNCCNC(C)(C)C)c1. The molecule has 0 fully saturated rings. The van der Waals surface area contributed by atoms with Gasteiger partial charge in [0.2, 0.25) is 0 Å². The Kier molecular flexibility index (Phi) is 6.89. The summed E-state index contributed by atoms with van der Waals surface area (Å²) in [4.78, 5) is 0. The van der Waals surface area contributed by atoms with Crippen LogP contribution in [-0.2, 0) is 0 Å². The van der Waals surface area contributed by atoms with E-state index in [2.05, 4.69) is 50.5 Å². The fourth-order valence-electron chi connectivity index (χ4n) is 1.74. The van der Waals surface area contributed by atoms with Crippen molar-refractivity contribution < 1.29 is 4.74 Å². The third-order valence-corrected chi connectivity index (χ3v) is 2.71. The molecule has 0 aromatic heterocycles. The van der Waals surface area contributed by atoms with Crippen LogP contribution < -0.4 is 15.4 Å². The van der Waals surface area contributed by atoms with E-state index < -0.39 is 0 Å². The van der Waals surface area contributed by atoms with Gasteiger partial charge in [0, 0.05) is 18.6 Å². The van der Waals surface area contributed by atoms with Crippen LogP contribution >= 0.6 is 0 Å². The van der Waals surface area contributed by atoms with Crippen molar-refractivity contribution >= 4 is 0 Å². The van der Waals surface area contributed by atoms with Crippen LogP contribution in [0.2, 0.25) is 0 Å². The Morgan fingerprint density at radius 2 is 1.89 bits per heavy atom. The lowest BCUT2D eigenvalue weighted by molar-refractivity contribution is 0.307. The van der Waals surface area contributed by atoms with Crippen LogP contribution in [0.5, 0.6) is 5.75 Å². The summed E-state index contributed by atoms with van der Waals surface area (Å²) in [5.74, 6) is 0.967. The van der Waals surface area contributed by atoms with E-state index in [1.165, 1.54) is 5.56 Å². The Morgan fingerprint density at radius 3 is 2.58 bits per heavy atom. The number of aryl methyl sites for hydroxylation is 1. The zero-order chi connectivity index (χ0) is 14.1. The third-order valence-electron chi connectivity index (χ3n) is 2.71. The summed E-state index contributed by atoms with van der Waals surface area (Å²) in [5.41, 5.74) is 1.44. The molecular weight excluding hydrogens is 236 g/mol. The molecule has 19 heavy (non-hydrogen) atoms. The largest absolute Gasteiger partial charge is 0.494 e. The molecular formula is C16H28N2O. The van der Waals surface area contributed by atoms with Gasteiger partial charge in [0.15, 0.2) is 0 Å². The zero-order valence-electron chi connectivity index (χ0n) is 12.8. The van der Waals surface area contributed by atoms with E-state index in [1.54, 1.807) is 0 Å². The first-order valence-corrected chi connectivity index (χ1v) is 7.12. The van der Waals surface area contributed by atoms with Crippen LogP contribution in [0, 0.1) is 6.92 Å². The van der Waals surface area contributed by atoms with Crippen molar-refractivity contribution in [3.05, 3.63) is 29.8 Å². The van der Waals surface area contributed by atoms with E-state index in [9.17, 15) is 0 Å². The van der Waals surface area contributed by atoms with Crippen molar-refractivity contribution in [2.24, 2.45) is 0 Å². The smallest absolute Gasteiger partial charge is 0.119 e. The molecule has 0 bridgehead atoms. The molecule has 3 nitrogen and oxygen atoms in total. The molecule has 1 rings (SSSR count). The van der Waals surface area contributed by atoms with Gasteiger partial charge in [-0.05, 0) is 58.4 Å². The highest BCUT2D eigenvalue weighted by Gasteiger charge is 2.06. The van der Waals surface area contributed by atoms with E-state index in [4.69, 9.17) is 4.74 Å². The highest BCUT2D eigenvalue weighted by Crippen LogP contribution is 2.12. The van der Waals surface area contributed by atoms with Crippen LogP contribution in [-0.4, -0.2) is 31.8 Å². The maximum atomic E-state index is 5.69. The van der Waals surface area contributed by atoms with Crippen molar-refractivity contribution in [1.29, 1.82) is 0 Å². The molecule has 0 unspecified atom stereocenters. The van der Waals surface area contributed by atoms with Gasteiger partial charge in [-0.15, -0.1) is 0 Å². The van der Waals surface area contributed by atoms with Gasteiger partial charge >= 0.3 is 0 Å². The van der Waals surface area contributed by atoms with Crippen molar-refractivity contribution in [2.45, 2.75) is 39.7 Å². The molecule has 1 aromatic carbocycles. The maximum absolute atomic E-state index is 5.69. The van der Waals surface area contributed by atoms with Crippen LogP contribution in [0.3, 0.4) is 0 Å². The minimum atomic E-state index is 0.204. The molecule has 0 atom stereocenters. The Morgan fingerprint density at radius 1 is 1.11 bits per heavy atom. The number of nitrogens with one attached hydrogen (secondary N) is 2. The Bertz CT molecular complexity index is 358. The van der Waals surface area contributed by atoms with Gasteiger partial charge in [0.1, 0.15) is 5.75 Å². The molecule has 0 spiro atoms. The van der Waals surface area contributed by atoms with Crippen LogP contribution in [0.15, 0.2) is 24.3 Å². The Hall–Kier alpha value is -1.06. The summed E-state index contributed by atoms with van der Waals surface area (Å²) in [7, 11) is 0. The lowest BCUT2D eigenvalue weighted by Gasteiger charge is -2.20. The van der Waals surface area contributed by atoms with Crippen molar-refractivity contribution in [3.8, 4) is 5.75 Å². The average molecular weight is 264 g/mol. The average Bonchev–Trinajstić information content (AvgIpc) is 2.31. The molecule has 0 aliphatic rings. The van der Waals surface area contributed by atoms with Gasteiger partial charge < -0.3 is 15.4 Å². The summed E-state index contributed by atoms with van der Waals surface area (Å²) in [6.07, 6.45) is 1.03. The van der Waals surface area contributed by atoms with E-state index in [-0.39, 0.29) is 5.54 Å².